The minimum atomic E-state index is -0.808. The largest absolute Gasteiger partial charge is 0.480 e. The van der Waals surface area contributed by atoms with E-state index in [1.165, 1.54) is 17.8 Å². The molecule has 3 fully saturated rings. The van der Waals surface area contributed by atoms with E-state index >= 15 is 0 Å². The van der Waals surface area contributed by atoms with E-state index in [0.29, 0.717) is 24.6 Å². The Morgan fingerprint density at radius 2 is 1.75 bits per heavy atom. The highest BCUT2D eigenvalue weighted by Crippen LogP contribution is 2.40. The molecule has 1 aliphatic carbocycles. The number of likely N-dealkylation sites (tertiary alicyclic amines) is 2. The highest BCUT2D eigenvalue weighted by Gasteiger charge is 2.41. The molecule has 3 aliphatic rings. The predicted molar refractivity (Wildman–Crippen MR) is 145 cm³/mol. The zero-order valence-electron chi connectivity index (χ0n) is 20.4. The lowest BCUT2D eigenvalue weighted by atomic mass is 9.89. The molecule has 2 aliphatic heterocycles. The van der Waals surface area contributed by atoms with Crippen LogP contribution in [0.3, 0.4) is 0 Å². The Kier molecular flexibility index (Phi) is 11.9. The lowest BCUT2D eigenvalue weighted by Crippen LogP contribution is -2.43. The molecule has 0 spiro atoms. The second-order valence-electron chi connectivity index (χ2n) is 9.71. The van der Waals surface area contributed by atoms with Gasteiger partial charge in [-0.3, -0.25) is 24.2 Å². The van der Waals surface area contributed by atoms with Crippen LogP contribution in [0.5, 0.6) is 0 Å². The summed E-state index contributed by atoms with van der Waals surface area (Å²) in [5.74, 6) is -0.736. The first-order valence-electron chi connectivity index (χ1n) is 12.2. The maximum Gasteiger partial charge on any atom is 0.317 e. The van der Waals surface area contributed by atoms with Gasteiger partial charge in [0.15, 0.2) is 10.9 Å². The van der Waals surface area contributed by atoms with Gasteiger partial charge in [-0.15, -0.1) is 24.8 Å². The van der Waals surface area contributed by atoms with Crippen LogP contribution in [0.2, 0.25) is 0 Å². The van der Waals surface area contributed by atoms with Gasteiger partial charge in [0.25, 0.3) is 0 Å². The average Bonchev–Trinajstić information content (AvgIpc) is 3.63. The Balaban J connectivity index is 0.00000228. The van der Waals surface area contributed by atoms with E-state index in [1.807, 2.05) is 4.90 Å². The predicted octanol–water partition coefficient (Wildman–Crippen LogP) is 4.77. The first kappa shape index (κ1) is 30.8. The fourth-order valence-corrected chi connectivity index (χ4v) is 6.12. The van der Waals surface area contributed by atoms with Gasteiger partial charge < -0.3 is 5.11 Å². The topological polar surface area (TPSA) is 77.9 Å². The van der Waals surface area contributed by atoms with Gasteiger partial charge in [0, 0.05) is 36.7 Å². The van der Waals surface area contributed by atoms with Crippen LogP contribution in [0.4, 0.5) is 4.39 Å². The van der Waals surface area contributed by atoms with Crippen LogP contribution in [0.15, 0.2) is 35.9 Å². The summed E-state index contributed by atoms with van der Waals surface area (Å²) in [6, 6.07) is 5.97. The van der Waals surface area contributed by atoms with Crippen molar-refractivity contribution in [3.63, 3.8) is 0 Å². The lowest BCUT2D eigenvalue weighted by Gasteiger charge is -2.39. The summed E-state index contributed by atoms with van der Waals surface area (Å²) in [7, 11) is 0. The number of benzene rings is 1. The van der Waals surface area contributed by atoms with Gasteiger partial charge in [0.05, 0.1) is 12.6 Å². The molecule has 0 bridgehead atoms. The molecule has 10 heteroatoms. The molecule has 2 atom stereocenters. The molecule has 0 amide bonds. The molecule has 6 nitrogen and oxygen atoms in total. The summed E-state index contributed by atoms with van der Waals surface area (Å²) in [4.78, 5) is 40.3. The van der Waals surface area contributed by atoms with Gasteiger partial charge in [-0.2, -0.15) is 0 Å². The number of carbonyl (C=O) groups excluding carboxylic acids is 2. The number of ketones is 1. The summed E-state index contributed by atoms with van der Waals surface area (Å²) in [5.41, 5.74) is 1.58. The first-order chi connectivity index (χ1) is 16.3. The third kappa shape index (κ3) is 8.02. The number of piperidine rings is 2. The van der Waals surface area contributed by atoms with E-state index in [1.54, 1.807) is 25.1 Å². The van der Waals surface area contributed by atoms with Crippen LogP contribution in [-0.2, 0) is 14.4 Å². The smallest absolute Gasteiger partial charge is 0.317 e. The SMILES string of the molecule is CC(=O)SC1CCN(C(C(=O)C2CC2)c2ccccc2F)CC1=CC1CCN(CC(=O)O)CC1.Cl.Cl. The summed E-state index contributed by atoms with van der Waals surface area (Å²) < 4.78 is 14.8. The molecule has 1 aromatic rings. The van der Waals surface area contributed by atoms with Crippen molar-refractivity contribution >= 4 is 53.4 Å². The first-order valence-corrected chi connectivity index (χ1v) is 13.0. The number of Topliss-reactive ketones (excluding diaryl/α,β-unsaturated/α-hetero) is 1. The minimum absolute atomic E-state index is 0. The van der Waals surface area contributed by atoms with Crippen molar-refractivity contribution in [3.05, 3.63) is 47.3 Å². The van der Waals surface area contributed by atoms with Crippen LogP contribution >= 0.6 is 36.6 Å². The fraction of sp³-hybridized carbons (Fsp3) is 0.577. The second-order valence-corrected chi connectivity index (χ2v) is 11.1. The van der Waals surface area contributed by atoms with Gasteiger partial charge in [-0.1, -0.05) is 36.0 Å². The number of aliphatic carboxylic acids is 1. The quantitative estimate of drug-likeness (QED) is 0.459. The highest BCUT2D eigenvalue weighted by atomic mass is 35.5. The summed E-state index contributed by atoms with van der Waals surface area (Å²) in [6.07, 6.45) is 6.47. The normalized spacial score (nSPS) is 23.4. The second kappa shape index (κ2) is 13.9. The lowest BCUT2D eigenvalue weighted by molar-refractivity contribution is -0.138. The Bertz CT molecular complexity index is 967. The van der Waals surface area contributed by atoms with Crippen molar-refractivity contribution in [2.24, 2.45) is 11.8 Å². The molecule has 1 N–H and O–H groups in total. The summed E-state index contributed by atoms with van der Waals surface area (Å²) in [5, 5.41) is 9.17. The molecular formula is C26H35Cl2FN2O4S. The summed E-state index contributed by atoms with van der Waals surface area (Å²) >= 11 is 1.34. The Hall–Kier alpha value is -1.45. The van der Waals surface area contributed by atoms with Crippen LogP contribution in [0, 0.1) is 17.7 Å². The number of halogens is 3. The van der Waals surface area contributed by atoms with Crippen molar-refractivity contribution in [1.82, 2.24) is 9.80 Å². The van der Waals surface area contributed by atoms with Crippen LogP contribution in [0.25, 0.3) is 0 Å². The Morgan fingerprint density at radius 1 is 1.08 bits per heavy atom. The number of rotatable bonds is 8. The zero-order valence-corrected chi connectivity index (χ0v) is 22.9. The van der Waals surface area contributed by atoms with Crippen LogP contribution in [-0.4, -0.2) is 69.7 Å². The number of thioether (sulfide) groups is 1. The van der Waals surface area contributed by atoms with E-state index < -0.39 is 12.0 Å². The molecule has 2 unspecified atom stereocenters. The maximum atomic E-state index is 14.8. The van der Waals surface area contributed by atoms with E-state index in [-0.39, 0.29) is 59.2 Å². The number of hydrogen-bond donors (Lipinski definition) is 1. The van der Waals surface area contributed by atoms with Crippen molar-refractivity contribution in [1.29, 1.82) is 0 Å². The van der Waals surface area contributed by atoms with Gasteiger partial charge in [0.1, 0.15) is 5.82 Å². The van der Waals surface area contributed by atoms with Crippen molar-refractivity contribution in [2.75, 3.05) is 32.7 Å². The maximum absolute atomic E-state index is 14.8. The average molecular weight is 562 g/mol. The zero-order chi connectivity index (χ0) is 24.2. The Morgan fingerprint density at radius 3 is 2.33 bits per heavy atom. The number of hydrogen-bond acceptors (Lipinski definition) is 6. The highest BCUT2D eigenvalue weighted by molar-refractivity contribution is 8.14. The van der Waals surface area contributed by atoms with Gasteiger partial charge in [-0.25, -0.2) is 4.39 Å². The molecule has 36 heavy (non-hydrogen) atoms. The van der Waals surface area contributed by atoms with E-state index in [2.05, 4.69) is 11.0 Å². The molecule has 1 saturated carbocycles. The summed E-state index contributed by atoms with van der Waals surface area (Å²) in [6.45, 7) is 4.28. The fourth-order valence-electron chi connectivity index (χ4n) is 5.19. The standard InChI is InChI=1S/C26H33FN2O4S.2ClH/c1-17(30)34-23-10-13-29(15-20(23)14-18-8-11-28(12-9-18)16-24(31)32)25(26(33)19-6-7-19)21-4-2-3-5-22(21)27;;/h2-5,14,18-19,23,25H,6-13,15-16H2,1H3,(H,31,32);2*1H. The monoisotopic (exact) mass is 560 g/mol. The van der Waals surface area contributed by atoms with E-state index in [0.717, 1.165) is 50.8 Å². The number of carboxylic acids is 1. The van der Waals surface area contributed by atoms with Crippen molar-refractivity contribution in [2.45, 2.75) is 50.3 Å². The van der Waals surface area contributed by atoms with Crippen molar-refractivity contribution < 1.29 is 23.9 Å². The third-order valence-electron chi connectivity index (χ3n) is 7.04. The third-order valence-corrected chi connectivity index (χ3v) is 8.20. The van der Waals surface area contributed by atoms with Crippen LogP contribution < -0.4 is 0 Å². The van der Waals surface area contributed by atoms with Gasteiger partial charge in [-0.05, 0) is 62.8 Å². The number of allylic oxidation sites excluding steroid dienone is 1. The van der Waals surface area contributed by atoms with Gasteiger partial charge in [0.2, 0.25) is 0 Å². The molecular weight excluding hydrogens is 526 g/mol. The Labute approximate surface area is 228 Å². The number of carbonyl (C=O) groups is 3. The van der Waals surface area contributed by atoms with Crippen molar-refractivity contribution in [3.8, 4) is 0 Å². The molecule has 4 rings (SSSR count). The van der Waals surface area contributed by atoms with Crippen LogP contribution in [0.1, 0.15) is 50.6 Å². The molecule has 1 aromatic carbocycles. The van der Waals surface area contributed by atoms with Gasteiger partial charge >= 0.3 is 5.97 Å². The molecule has 2 heterocycles. The van der Waals surface area contributed by atoms with E-state index in [4.69, 9.17) is 5.11 Å². The number of nitrogens with zero attached hydrogens (tertiary/aromatic N) is 2. The minimum Gasteiger partial charge on any atom is -0.480 e. The molecule has 200 valence electrons. The molecule has 0 radical (unpaired) electrons. The molecule has 0 aromatic heterocycles. The molecule has 2 saturated heterocycles. The number of carboxylic acid groups (broad SMARTS) is 1. The van der Waals surface area contributed by atoms with E-state index in [9.17, 15) is 18.8 Å².